The molecular formula is C14H19ClN2O. The second kappa shape index (κ2) is 5.61. The second-order valence-corrected chi connectivity index (χ2v) is 5.64. The standard InChI is InChI=1S/C14H19ClN2O/c1-9-2-3-10(6-9)8-17-14(18)11-4-5-13(16)12(15)7-11/h4-5,7,9-10H,2-3,6,8,16H2,1H3,(H,17,18). The van der Waals surface area contributed by atoms with Crippen molar-refractivity contribution in [1.29, 1.82) is 0 Å². The number of hydrogen-bond acceptors (Lipinski definition) is 2. The maximum absolute atomic E-state index is 11.9. The SMILES string of the molecule is CC1CCC(CNC(=O)c2ccc(N)c(Cl)c2)C1. The van der Waals surface area contributed by atoms with E-state index in [0.717, 1.165) is 12.5 Å². The van der Waals surface area contributed by atoms with Crippen LogP contribution in [0.15, 0.2) is 18.2 Å². The average Bonchev–Trinajstić information content (AvgIpc) is 2.75. The Hall–Kier alpha value is -1.22. The smallest absolute Gasteiger partial charge is 0.251 e. The van der Waals surface area contributed by atoms with Gasteiger partial charge in [0.2, 0.25) is 0 Å². The van der Waals surface area contributed by atoms with Crippen LogP contribution in [0.2, 0.25) is 5.02 Å². The normalized spacial score (nSPS) is 23.0. The molecule has 0 bridgehead atoms. The molecular weight excluding hydrogens is 248 g/mol. The first-order chi connectivity index (χ1) is 8.56. The van der Waals surface area contributed by atoms with E-state index in [4.69, 9.17) is 17.3 Å². The topological polar surface area (TPSA) is 55.1 Å². The Balaban J connectivity index is 1.89. The highest BCUT2D eigenvalue weighted by Crippen LogP contribution is 2.29. The van der Waals surface area contributed by atoms with Crippen molar-refractivity contribution in [3.8, 4) is 0 Å². The highest BCUT2D eigenvalue weighted by Gasteiger charge is 2.21. The highest BCUT2D eigenvalue weighted by molar-refractivity contribution is 6.33. The summed E-state index contributed by atoms with van der Waals surface area (Å²) in [6.07, 6.45) is 3.70. The summed E-state index contributed by atoms with van der Waals surface area (Å²) in [5.41, 5.74) is 6.68. The first-order valence-corrected chi connectivity index (χ1v) is 6.77. The molecule has 2 rings (SSSR count). The zero-order chi connectivity index (χ0) is 13.1. The number of carbonyl (C=O) groups is 1. The molecule has 1 aromatic carbocycles. The summed E-state index contributed by atoms with van der Waals surface area (Å²) < 4.78 is 0. The van der Waals surface area contributed by atoms with Crippen molar-refractivity contribution in [2.75, 3.05) is 12.3 Å². The van der Waals surface area contributed by atoms with Gasteiger partial charge in [-0.1, -0.05) is 24.9 Å². The van der Waals surface area contributed by atoms with E-state index in [1.807, 2.05) is 0 Å². The zero-order valence-electron chi connectivity index (χ0n) is 10.6. The Labute approximate surface area is 113 Å². The number of anilines is 1. The molecule has 3 N–H and O–H groups in total. The lowest BCUT2D eigenvalue weighted by atomic mass is 10.1. The summed E-state index contributed by atoms with van der Waals surface area (Å²) in [7, 11) is 0. The molecule has 2 atom stereocenters. The van der Waals surface area contributed by atoms with Crippen LogP contribution < -0.4 is 11.1 Å². The Kier molecular flexibility index (Phi) is 4.12. The van der Waals surface area contributed by atoms with Crippen LogP contribution in [0.3, 0.4) is 0 Å². The Bertz CT molecular complexity index is 447. The van der Waals surface area contributed by atoms with Gasteiger partial charge in [0.25, 0.3) is 5.91 Å². The zero-order valence-corrected chi connectivity index (χ0v) is 11.3. The molecule has 2 unspecified atom stereocenters. The minimum absolute atomic E-state index is 0.0727. The van der Waals surface area contributed by atoms with E-state index < -0.39 is 0 Å². The van der Waals surface area contributed by atoms with E-state index in [0.29, 0.717) is 22.2 Å². The van der Waals surface area contributed by atoms with Gasteiger partial charge in [0.05, 0.1) is 10.7 Å². The molecule has 1 aliphatic carbocycles. The van der Waals surface area contributed by atoms with Gasteiger partial charge in [-0.25, -0.2) is 0 Å². The third-order valence-electron chi connectivity index (χ3n) is 3.62. The number of benzene rings is 1. The maximum atomic E-state index is 11.9. The molecule has 1 fully saturated rings. The molecule has 4 heteroatoms. The summed E-state index contributed by atoms with van der Waals surface area (Å²) >= 11 is 5.90. The predicted molar refractivity (Wildman–Crippen MR) is 74.7 cm³/mol. The molecule has 18 heavy (non-hydrogen) atoms. The number of hydrogen-bond donors (Lipinski definition) is 2. The van der Waals surface area contributed by atoms with Crippen molar-refractivity contribution >= 4 is 23.2 Å². The molecule has 1 aromatic rings. The first-order valence-electron chi connectivity index (χ1n) is 6.39. The average molecular weight is 267 g/mol. The van der Waals surface area contributed by atoms with Crippen LogP contribution >= 0.6 is 11.6 Å². The van der Waals surface area contributed by atoms with Crippen molar-refractivity contribution in [3.63, 3.8) is 0 Å². The molecule has 1 saturated carbocycles. The van der Waals surface area contributed by atoms with Gasteiger partial charge in [0.1, 0.15) is 0 Å². The molecule has 1 aliphatic rings. The molecule has 0 saturated heterocycles. The molecule has 98 valence electrons. The maximum Gasteiger partial charge on any atom is 0.251 e. The Morgan fingerprint density at radius 3 is 2.89 bits per heavy atom. The fourth-order valence-electron chi connectivity index (χ4n) is 2.52. The fourth-order valence-corrected chi connectivity index (χ4v) is 2.70. The summed E-state index contributed by atoms with van der Waals surface area (Å²) in [4.78, 5) is 11.9. The number of nitrogen functional groups attached to an aromatic ring is 1. The molecule has 0 aliphatic heterocycles. The number of carbonyl (C=O) groups excluding carboxylic acids is 1. The molecule has 1 amide bonds. The van der Waals surface area contributed by atoms with Crippen LogP contribution in [0.25, 0.3) is 0 Å². The van der Waals surface area contributed by atoms with Crippen LogP contribution in [0.5, 0.6) is 0 Å². The van der Waals surface area contributed by atoms with E-state index in [-0.39, 0.29) is 5.91 Å². The van der Waals surface area contributed by atoms with Crippen LogP contribution in [-0.4, -0.2) is 12.5 Å². The minimum atomic E-state index is -0.0727. The third kappa shape index (κ3) is 3.16. The molecule has 3 nitrogen and oxygen atoms in total. The highest BCUT2D eigenvalue weighted by atomic mass is 35.5. The van der Waals surface area contributed by atoms with Crippen molar-refractivity contribution in [1.82, 2.24) is 5.32 Å². The summed E-state index contributed by atoms with van der Waals surface area (Å²) in [5.74, 6) is 1.34. The van der Waals surface area contributed by atoms with Gasteiger partial charge in [-0.15, -0.1) is 0 Å². The quantitative estimate of drug-likeness (QED) is 0.826. The number of halogens is 1. The third-order valence-corrected chi connectivity index (χ3v) is 3.94. The van der Waals surface area contributed by atoms with Crippen LogP contribution in [0.1, 0.15) is 36.5 Å². The Morgan fingerprint density at radius 2 is 2.28 bits per heavy atom. The molecule has 0 heterocycles. The van der Waals surface area contributed by atoms with Crippen molar-refractivity contribution in [3.05, 3.63) is 28.8 Å². The van der Waals surface area contributed by atoms with E-state index in [9.17, 15) is 4.79 Å². The number of nitrogens with two attached hydrogens (primary N) is 1. The van der Waals surface area contributed by atoms with E-state index in [2.05, 4.69) is 12.2 Å². The Morgan fingerprint density at radius 1 is 1.50 bits per heavy atom. The monoisotopic (exact) mass is 266 g/mol. The minimum Gasteiger partial charge on any atom is -0.398 e. The number of nitrogens with one attached hydrogen (secondary N) is 1. The summed E-state index contributed by atoms with van der Waals surface area (Å²) in [6, 6.07) is 4.98. The van der Waals surface area contributed by atoms with Gasteiger partial charge in [0, 0.05) is 12.1 Å². The summed E-state index contributed by atoms with van der Waals surface area (Å²) in [6.45, 7) is 3.02. The number of rotatable bonds is 3. The van der Waals surface area contributed by atoms with Gasteiger partial charge < -0.3 is 11.1 Å². The largest absolute Gasteiger partial charge is 0.398 e. The number of amides is 1. The first kappa shape index (κ1) is 13.2. The summed E-state index contributed by atoms with van der Waals surface area (Å²) in [5, 5.41) is 3.40. The van der Waals surface area contributed by atoms with Crippen molar-refractivity contribution in [2.24, 2.45) is 11.8 Å². The molecule has 0 radical (unpaired) electrons. The van der Waals surface area contributed by atoms with Gasteiger partial charge in [-0.3, -0.25) is 4.79 Å². The lowest BCUT2D eigenvalue weighted by Crippen LogP contribution is -2.28. The van der Waals surface area contributed by atoms with Gasteiger partial charge >= 0.3 is 0 Å². The van der Waals surface area contributed by atoms with Crippen LogP contribution in [0.4, 0.5) is 5.69 Å². The lowest BCUT2D eigenvalue weighted by molar-refractivity contribution is 0.0947. The lowest BCUT2D eigenvalue weighted by Gasteiger charge is -2.11. The van der Waals surface area contributed by atoms with Crippen LogP contribution in [-0.2, 0) is 0 Å². The van der Waals surface area contributed by atoms with Crippen LogP contribution in [0, 0.1) is 11.8 Å². The van der Waals surface area contributed by atoms with Gasteiger partial charge in [-0.2, -0.15) is 0 Å². The van der Waals surface area contributed by atoms with Crippen molar-refractivity contribution in [2.45, 2.75) is 26.2 Å². The van der Waals surface area contributed by atoms with E-state index in [1.54, 1.807) is 18.2 Å². The van der Waals surface area contributed by atoms with E-state index in [1.165, 1.54) is 19.3 Å². The molecule has 0 aromatic heterocycles. The van der Waals surface area contributed by atoms with Crippen molar-refractivity contribution < 1.29 is 4.79 Å². The van der Waals surface area contributed by atoms with E-state index >= 15 is 0 Å². The fraction of sp³-hybridized carbons (Fsp3) is 0.500. The van der Waals surface area contributed by atoms with Gasteiger partial charge in [-0.05, 0) is 42.9 Å². The molecule has 0 spiro atoms. The van der Waals surface area contributed by atoms with Gasteiger partial charge in [0.15, 0.2) is 0 Å². The predicted octanol–water partition coefficient (Wildman–Crippen LogP) is 3.09. The second-order valence-electron chi connectivity index (χ2n) is 5.23.